The number of carbonyl (C=O) groups is 1. The summed E-state index contributed by atoms with van der Waals surface area (Å²) in [6, 6.07) is 20.0. The average Bonchev–Trinajstić information content (AvgIpc) is 3.59. The maximum absolute atomic E-state index is 13.7. The van der Waals surface area contributed by atoms with Gasteiger partial charge in [-0.1, -0.05) is 41.7 Å². The molecule has 2 aromatic carbocycles. The molecule has 1 aliphatic heterocycles. The molecule has 1 aliphatic rings. The van der Waals surface area contributed by atoms with Gasteiger partial charge >= 0.3 is 0 Å². The Hall–Kier alpha value is -3.49. The van der Waals surface area contributed by atoms with Crippen LogP contribution in [0.15, 0.2) is 66.0 Å². The molecule has 5 aromatic rings. The second kappa shape index (κ2) is 9.28. The lowest BCUT2D eigenvalue weighted by molar-refractivity contribution is 0.0748. The van der Waals surface area contributed by atoms with Crippen molar-refractivity contribution in [2.45, 2.75) is 6.92 Å². The fourth-order valence-corrected chi connectivity index (χ4v) is 6.21. The Bertz CT molecular complexity index is 1500. The van der Waals surface area contributed by atoms with Crippen molar-refractivity contribution in [3.8, 4) is 16.3 Å². The fourth-order valence-electron chi connectivity index (χ4n) is 4.49. The molecule has 1 amide bonds. The van der Waals surface area contributed by atoms with Crippen molar-refractivity contribution in [1.29, 1.82) is 0 Å². The van der Waals surface area contributed by atoms with Crippen LogP contribution in [0.1, 0.15) is 17.3 Å². The molecule has 4 heterocycles. The minimum Gasteiger partial charge on any atom is -0.492 e. The fraction of sp³-hybridized carbons (Fsp3) is 0.222. The number of aromatic nitrogens is 2. The molecule has 0 unspecified atom stereocenters. The number of hydrogen-bond donors (Lipinski definition) is 0. The lowest BCUT2D eigenvalue weighted by Crippen LogP contribution is -2.48. The summed E-state index contributed by atoms with van der Waals surface area (Å²) < 4.78 is 6.88. The first-order valence-electron chi connectivity index (χ1n) is 11.7. The van der Waals surface area contributed by atoms with Gasteiger partial charge in [0.15, 0.2) is 5.13 Å². The number of thiophene rings is 1. The molecule has 0 N–H and O–H groups in total. The third-order valence-electron chi connectivity index (χ3n) is 6.23. The molecule has 0 radical (unpaired) electrons. The molecule has 3 aromatic heterocycles. The van der Waals surface area contributed by atoms with Crippen LogP contribution in [0.3, 0.4) is 0 Å². The van der Waals surface area contributed by atoms with Crippen LogP contribution >= 0.6 is 22.7 Å². The summed E-state index contributed by atoms with van der Waals surface area (Å²) in [4.78, 5) is 28.7. The van der Waals surface area contributed by atoms with Gasteiger partial charge in [0.1, 0.15) is 11.3 Å². The highest BCUT2D eigenvalue weighted by Gasteiger charge is 2.26. The van der Waals surface area contributed by atoms with Crippen molar-refractivity contribution in [3.63, 3.8) is 0 Å². The first kappa shape index (κ1) is 22.0. The third kappa shape index (κ3) is 4.13. The van der Waals surface area contributed by atoms with Gasteiger partial charge in [-0.3, -0.25) is 4.79 Å². The van der Waals surface area contributed by atoms with Gasteiger partial charge in [0, 0.05) is 31.6 Å². The Labute approximate surface area is 211 Å². The Morgan fingerprint density at radius 3 is 2.66 bits per heavy atom. The molecule has 0 atom stereocenters. The number of hydrogen-bond acceptors (Lipinski definition) is 7. The lowest BCUT2D eigenvalue weighted by atomic mass is 10.1. The topological polar surface area (TPSA) is 58.6 Å². The van der Waals surface area contributed by atoms with Crippen LogP contribution in [0.4, 0.5) is 5.13 Å². The molecule has 1 saturated heterocycles. The molecule has 6 nitrogen and oxygen atoms in total. The quantitative estimate of drug-likeness (QED) is 0.299. The number of amides is 1. The Kier molecular flexibility index (Phi) is 5.83. The zero-order chi connectivity index (χ0) is 23.8. The smallest absolute Gasteiger partial charge is 0.254 e. The highest BCUT2D eigenvalue weighted by molar-refractivity contribution is 7.22. The van der Waals surface area contributed by atoms with Crippen LogP contribution in [0.25, 0.3) is 31.7 Å². The molecule has 0 bridgehead atoms. The number of piperazine rings is 1. The molecule has 8 heteroatoms. The molecule has 6 rings (SSSR count). The van der Waals surface area contributed by atoms with Crippen molar-refractivity contribution < 1.29 is 9.53 Å². The highest BCUT2D eigenvalue weighted by atomic mass is 32.1. The monoisotopic (exact) mass is 500 g/mol. The van der Waals surface area contributed by atoms with E-state index in [4.69, 9.17) is 14.7 Å². The highest BCUT2D eigenvalue weighted by Crippen LogP contribution is 2.35. The normalized spacial score (nSPS) is 14.1. The average molecular weight is 501 g/mol. The summed E-state index contributed by atoms with van der Waals surface area (Å²) in [7, 11) is 0. The van der Waals surface area contributed by atoms with Crippen LogP contribution in [0, 0.1) is 0 Å². The number of fused-ring (bicyclic) bond motifs is 2. The van der Waals surface area contributed by atoms with Crippen molar-refractivity contribution >= 4 is 54.8 Å². The van der Waals surface area contributed by atoms with Crippen LogP contribution in [-0.4, -0.2) is 53.6 Å². The molecular weight excluding hydrogens is 476 g/mol. The van der Waals surface area contributed by atoms with E-state index in [9.17, 15) is 4.79 Å². The standard InChI is InChI=1S/C27H24N4O2S2/c1-2-33-22-9-5-10-24-25(22)29-27(35-24)31-14-12-30(13-15-31)26(32)19-17-21(23-11-6-16-34-23)28-20-8-4-3-7-18(19)20/h3-11,16-17H,2,12-15H2,1H3. The first-order chi connectivity index (χ1) is 17.2. The minimum absolute atomic E-state index is 0.0592. The molecular formula is C27H24N4O2S2. The summed E-state index contributed by atoms with van der Waals surface area (Å²) in [6.45, 7) is 5.39. The van der Waals surface area contributed by atoms with Gasteiger partial charge in [-0.05, 0) is 42.6 Å². The molecule has 176 valence electrons. The number of ether oxygens (including phenoxy) is 1. The summed E-state index contributed by atoms with van der Waals surface area (Å²) >= 11 is 3.31. The van der Waals surface area contributed by atoms with Gasteiger partial charge in [0.05, 0.1) is 33.0 Å². The number of para-hydroxylation sites is 2. The maximum atomic E-state index is 13.7. The van der Waals surface area contributed by atoms with Gasteiger partial charge in [0.2, 0.25) is 0 Å². The van der Waals surface area contributed by atoms with Gasteiger partial charge in [0.25, 0.3) is 5.91 Å². The zero-order valence-electron chi connectivity index (χ0n) is 19.3. The summed E-state index contributed by atoms with van der Waals surface area (Å²) in [5, 5.41) is 3.91. The SMILES string of the molecule is CCOc1cccc2sc(N3CCN(C(=O)c4cc(-c5cccs5)nc5ccccc45)CC3)nc12. The maximum Gasteiger partial charge on any atom is 0.254 e. The number of benzene rings is 2. The van der Waals surface area contributed by atoms with Crippen LogP contribution in [0.2, 0.25) is 0 Å². The van der Waals surface area contributed by atoms with Gasteiger partial charge in [-0.25, -0.2) is 9.97 Å². The van der Waals surface area contributed by atoms with Crippen LogP contribution in [-0.2, 0) is 0 Å². The Morgan fingerprint density at radius 2 is 1.86 bits per heavy atom. The number of thiazole rings is 1. The number of carbonyl (C=O) groups excluding carboxylic acids is 1. The van der Waals surface area contributed by atoms with Gasteiger partial charge < -0.3 is 14.5 Å². The second-order valence-corrected chi connectivity index (χ2v) is 10.3. The van der Waals surface area contributed by atoms with E-state index < -0.39 is 0 Å². The molecule has 35 heavy (non-hydrogen) atoms. The summed E-state index contributed by atoms with van der Waals surface area (Å²) in [5.74, 6) is 0.886. The largest absolute Gasteiger partial charge is 0.492 e. The van der Waals surface area contributed by atoms with E-state index in [2.05, 4.69) is 11.0 Å². The van der Waals surface area contributed by atoms with E-state index in [1.54, 1.807) is 22.7 Å². The predicted molar refractivity (Wildman–Crippen MR) is 144 cm³/mol. The van der Waals surface area contributed by atoms with E-state index in [1.165, 1.54) is 0 Å². The van der Waals surface area contributed by atoms with Crippen LogP contribution < -0.4 is 9.64 Å². The van der Waals surface area contributed by atoms with E-state index >= 15 is 0 Å². The number of anilines is 1. The van der Waals surface area contributed by atoms with Crippen LogP contribution in [0.5, 0.6) is 5.75 Å². The lowest BCUT2D eigenvalue weighted by Gasteiger charge is -2.34. The summed E-state index contributed by atoms with van der Waals surface area (Å²) in [5.41, 5.74) is 3.33. The summed E-state index contributed by atoms with van der Waals surface area (Å²) in [6.07, 6.45) is 0. The molecule has 0 saturated carbocycles. The number of nitrogens with zero attached hydrogens (tertiary/aromatic N) is 4. The van der Waals surface area contributed by atoms with E-state index in [0.717, 1.165) is 55.7 Å². The molecule has 0 spiro atoms. The Morgan fingerprint density at radius 1 is 1.00 bits per heavy atom. The second-order valence-electron chi connectivity index (χ2n) is 8.36. The van der Waals surface area contributed by atoms with E-state index in [0.29, 0.717) is 25.3 Å². The first-order valence-corrected chi connectivity index (χ1v) is 13.4. The number of pyridine rings is 1. The Balaban J connectivity index is 1.24. The van der Waals surface area contributed by atoms with E-state index in [1.807, 2.05) is 71.8 Å². The van der Waals surface area contributed by atoms with Crippen molar-refractivity contribution in [2.24, 2.45) is 0 Å². The van der Waals surface area contributed by atoms with Gasteiger partial charge in [-0.2, -0.15) is 0 Å². The minimum atomic E-state index is 0.0592. The molecule has 0 aliphatic carbocycles. The van der Waals surface area contributed by atoms with Crippen molar-refractivity contribution in [2.75, 3.05) is 37.7 Å². The predicted octanol–water partition coefficient (Wildman–Crippen LogP) is 5.93. The van der Waals surface area contributed by atoms with Crippen molar-refractivity contribution in [3.05, 3.63) is 71.6 Å². The van der Waals surface area contributed by atoms with E-state index in [-0.39, 0.29) is 5.91 Å². The van der Waals surface area contributed by atoms with Crippen molar-refractivity contribution in [1.82, 2.24) is 14.9 Å². The molecule has 1 fully saturated rings. The zero-order valence-corrected chi connectivity index (χ0v) is 20.9. The van der Waals surface area contributed by atoms with Gasteiger partial charge in [-0.15, -0.1) is 11.3 Å². The number of rotatable bonds is 5. The third-order valence-corrected chi connectivity index (χ3v) is 8.20.